The van der Waals surface area contributed by atoms with Crippen molar-refractivity contribution in [2.24, 2.45) is 0 Å². The predicted octanol–water partition coefficient (Wildman–Crippen LogP) is 10.2. The van der Waals surface area contributed by atoms with Crippen LogP contribution in [0.15, 0.2) is 160 Å². The second kappa shape index (κ2) is 12.5. The van der Waals surface area contributed by atoms with Crippen molar-refractivity contribution in [3.05, 3.63) is 176 Å². The highest BCUT2D eigenvalue weighted by Crippen LogP contribution is 2.19. The van der Waals surface area contributed by atoms with Gasteiger partial charge in [-0.25, -0.2) is 0 Å². The van der Waals surface area contributed by atoms with Crippen molar-refractivity contribution in [2.75, 3.05) is 0 Å². The zero-order chi connectivity index (χ0) is 30.8. The Bertz CT molecular complexity index is 2100. The summed E-state index contributed by atoms with van der Waals surface area (Å²) in [6.07, 6.45) is 0. The van der Waals surface area contributed by atoms with Crippen LogP contribution in [-0.2, 0) is 0 Å². The molecule has 0 N–H and O–H groups in total. The Morgan fingerprint density at radius 3 is 0.489 bits per heavy atom. The first-order valence-electron chi connectivity index (χ1n) is 14.3. The van der Waals surface area contributed by atoms with Gasteiger partial charge >= 0.3 is 0 Å². The van der Waals surface area contributed by atoms with Crippen LogP contribution in [0.4, 0.5) is 0 Å². The Morgan fingerprint density at radius 1 is 0.222 bits per heavy atom. The van der Waals surface area contributed by atoms with Gasteiger partial charge < -0.3 is 0 Å². The summed E-state index contributed by atoms with van der Waals surface area (Å²) in [5, 5.41) is 3.75. The summed E-state index contributed by atoms with van der Waals surface area (Å²) in [7, 11) is 0. The maximum absolute atomic E-state index is 13.2. The molecule has 0 spiro atoms. The van der Waals surface area contributed by atoms with Crippen LogP contribution in [0.3, 0.4) is 0 Å². The van der Waals surface area contributed by atoms with E-state index in [-0.39, 0.29) is 16.3 Å². The lowest BCUT2D eigenvalue weighted by Gasteiger charge is -1.94. The first kappa shape index (κ1) is 28.7. The molecule has 0 aliphatic heterocycles. The molecule has 216 valence electrons. The van der Waals surface area contributed by atoms with Crippen molar-refractivity contribution in [3.8, 4) is 0 Å². The van der Waals surface area contributed by atoms with E-state index >= 15 is 0 Å². The van der Waals surface area contributed by atoms with Crippen LogP contribution in [0.2, 0.25) is 0 Å². The molecule has 0 aliphatic carbocycles. The Balaban J connectivity index is 1.42. The van der Waals surface area contributed by atoms with Gasteiger partial charge in [-0.2, -0.15) is 0 Å². The largest absolute Gasteiger partial charge is 0.289 e. The molecule has 0 unspecified atom stereocenters. The standard InChI is InChI=1S/C39H24O3S3/c40-37-25-1-13-31(14-2-25)43-32-17-5-27(6-18-32)38(41)28-9-21-35(22-10-28)45-36-23-11-30(12-24-36)39(42)29-7-19-34(20-8-29)44-33-15-3-26(37)4-16-33/h1-24H. The zero-order valence-corrected chi connectivity index (χ0v) is 26.3. The summed E-state index contributed by atoms with van der Waals surface area (Å²) < 4.78 is 6.04. The van der Waals surface area contributed by atoms with Crippen LogP contribution in [-0.4, -0.2) is 0 Å². The smallest absolute Gasteiger partial charge is 0.193 e. The quantitative estimate of drug-likeness (QED) is 0.166. The van der Waals surface area contributed by atoms with E-state index in [4.69, 9.17) is 0 Å². The third-order valence-electron chi connectivity index (χ3n) is 7.41. The molecule has 0 amide bonds. The van der Waals surface area contributed by atoms with Crippen LogP contribution >= 0.6 is 34.0 Å². The van der Waals surface area contributed by atoms with Gasteiger partial charge in [-0.3, -0.25) is 14.4 Å². The molecule has 3 nitrogen and oxygen atoms in total. The van der Waals surface area contributed by atoms with Crippen molar-refractivity contribution in [2.45, 2.75) is 0 Å². The van der Waals surface area contributed by atoms with E-state index in [2.05, 4.69) is 0 Å². The second-order valence-electron chi connectivity index (χ2n) is 10.4. The molecule has 16 aromatic rings. The second-order valence-corrected chi connectivity index (χ2v) is 13.9. The van der Waals surface area contributed by atoms with Crippen LogP contribution in [0.1, 0.15) is 0 Å². The minimum Gasteiger partial charge on any atom is -0.289 e. The molecule has 0 radical (unpaired) electrons. The van der Waals surface area contributed by atoms with Crippen LogP contribution < -0.4 is 16.3 Å². The summed E-state index contributed by atoms with van der Waals surface area (Å²) in [6.45, 7) is 0. The molecular formula is C39H24O3S3. The van der Waals surface area contributed by atoms with Gasteiger partial charge in [-0.05, 0) is 146 Å². The summed E-state index contributed by atoms with van der Waals surface area (Å²) in [4.78, 5) is 39.5. The Hall–Kier alpha value is -5.01. The number of hydrogen-bond acceptors (Lipinski definition) is 6. The van der Waals surface area contributed by atoms with E-state index in [1.54, 1.807) is 34.0 Å². The molecule has 6 aromatic carbocycles. The summed E-state index contributed by atoms with van der Waals surface area (Å²) >= 11 is 4.75. The summed E-state index contributed by atoms with van der Waals surface area (Å²) in [5.41, 5.74) is -0.102. The van der Waals surface area contributed by atoms with Crippen molar-refractivity contribution >= 4 is 94.5 Å². The van der Waals surface area contributed by atoms with Crippen molar-refractivity contribution in [3.63, 3.8) is 0 Å². The van der Waals surface area contributed by atoms with Crippen molar-refractivity contribution in [1.82, 2.24) is 0 Å². The normalized spacial score (nSPS) is 10.9. The number of hydrogen-bond donors (Lipinski definition) is 0. The molecule has 0 saturated heterocycles. The molecule has 45 heavy (non-hydrogen) atoms. The van der Waals surface area contributed by atoms with Gasteiger partial charge in [0.2, 0.25) is 0 Å². The van der Waals surface area contributed by atoms with E-state index < -0.39 is 0 Å². The van der Waals surface area contributed by atoms with Crippen LogP contribution in [0.25, 0.3) is 60.5 Å². The molecule has 6 heteroatoms. The van der Waals surface area contributed by atoms with E-state index in [0.717, 1.165) is 28.2 Å². The van der Waals surface area contributed by atoms with E-state index in [0.29, 0.717) is 32.3 Å². The first-order chi connectivity index (χ1) is 22.0. The third kappa shape index (κ3) is 6.44. The SMILES string of the molecule is O=c1c2ccc(cc2)sc2ccc(cc2)c(=O)c2ccc(cc2)sc2ccc(cc2)c(=O)c2ccc(cc2)sc2ccc1cc2. The molecule has 12 bridgehead atoms. The lowest BCUT2D eigenvalue weighted by Crippen LogP contribution is -1.97. The van der Waals surface area contributed by atoms with Crippen molar-refractivity contribution in [1.29, 1.82) is 0 Å². The summed E-state index contributed by atoms with van der Waals surface area (Å²) in [6, 6.07) is 45.6. The van der Waals surface area contributed by atoms with Gasteiger partial charge in [0.1, 0.15) is 0 Å². The van der Waals surface area contributed by atoms with E-state index in [9.17, 15) is 14.4 Å². The van der Waals surface area contributed by atoms with Gasteiger partial charge in [-0.15, -0.1) is 34.0 Å². The van der Waals surface area contributed by atoms with Gasteiger partial charge in [-0.1, -0.05) is 0 Å². The molecule has 0 fully saturated rings. The fourth-order valence-electron chi connectivity index (χ4n) is 4.95. The van der Waals surface area contributed by atoms with Gasteiger partial charge in [0.25, 0.3) is 0 Å². The molecule has 0 saturated carbocycles. The minimum atomic E-state index is -0.0341. The maximum Gasteiger partial charge on any atom is 0.193 e. The molecule has 10 heterocycles. The molecule has 16 rings (SSSR count). The molecule has 0 aliphatic rings. The predicted molar refractivity (Wildman–Crippen MR) is 197 cm³/mol. The topological polar surface area (TPSA) is 51.2 Å². The van der Waals surface area contributed by atoms with Gasteiger partial charge in [0.15, 0.2) is 16.3 Å². The Kier molecular flexibility index (Phi) is 8.01. The number of rotatable bonds is 0. The molecule has 10 aromatic heterocycles. The lowest BCUT2D eigenvalue weighted by molar-refractivity contribution is 1.73. The van der Waals surface area contributed by atoms with Crippen molar-refractivity contribution < 1.29 is 0 Å². The third-order valence-corrected chi connectivity index (χ3v) is 10.5. The Labute approximate surface area is 269 Å². The summed E-state index contributed by atoms with van der Waals surface area (Å²) in [5.74, 6) is 0. The average molecular weight is 637 g/mol. The van der Waals surface area contributed by atoms with Gasteiger partial charge in [0.05, 0.1) is 0 Å². The first-order valence-corrected chi connectivity index (χ1v) is 16.7. The highest BCUT2D eigenvalue weighted by molar-refractivity contribution is 7.23. The van der Waals surface area contributed by atoms with E-state index in [1.165, 1.54) is 0 Å². The monoisotopic (exact) mass is 636 g/mol. The zero-order valence-electron chi connectivity index (χ0n) is 23.8. The Morgan fingerprint density at radius 2 is 0.356 bits per heavy atom. The molecular weight excluding hydrogens is 613 g/mol. The maximum atomic E-state index is 13.2. The number of benzene rings is 6. The highest BCUT2D eigenvalue weighted by atomic mass is 32.1. The minimum absolute atomic E-state index is 0.0341. The fourth-order valence-corrected chi connectivity index (χ4v) is 7.40. The van der Waals surface area contributed by atoms with E-state index in [1.807, 2.05) is 146 Å². The highest BCUT2D eigenvalue weighted by Gasteiger charge is 1.98. The fraction of sp³-hybridized carbons (Fsp3) is 0. The lowest BCUT2D eigenvalue weighted by atomic mass is 10.2. The molecule has 0 atom stereocenters. The van der Waals surface area contributed by atoms with Crippen LogP contribution in [0, 0.1) is 0 Å². The average Bonchev–Trinajstić information content (AvgIpc) is 3.09. The van der Waals surface area contributed by atoms with Gasteiger partial charge in [0, 0.05) is 60.5 Å². The van der Waals surface area contributed by atoms with Crippen LogP contribution in [0.5, 0.6) is 0 Å².